The maximum atomic E-state index is 12.8. The van der Waals surface area contributed by atoms with E-state index in [2.05, 4.69) is 29.5 Å². The van der Waals surface area contributed by atoms with E-state index in [1.165, 1.54) is 6.26 Å². The number of pyridine rings is 1. The summed E-state index contributed by atoms with van der Waals surface area (Å²) in [5.74, 6) is 1.48. The van der Waals surface area contributed by atoms with Crippen molar-refractivity contribution in [3.05, 3.63) is 93.9 Å². The minimum atomic E-state index is -0.294. The van der Waals surface area contributed by atoms with E-state index in [-0.39, 0.29) is 17.7 Å². The molecule has 0 bridgehead atoms. The van der Waals surface area contributed by atoms with Gasteiger partial charge in [0, 0.05) is 22.2 Å². The Kier molecular flexibility index (Phi) is 6.28. The number of amides is 1. The van der Waals surface area contributed by atoms with Crippen LogP contribution in [-0.2, 0) is 0 Å². The second kappa shape index (κ2) is 9.28. The van der Waals surface area contributed by atoms with Gasteiger partial charge in [0.2, 0.25) is 0 Å². The van der Waals surface area contributed by atoms with Gasteiger partial charge in [0.25, 0.3) is 5.91 Å². The van der Waals surface area contributed by atoms with Gasteiger partial charge in [-0.15, -0.1) is 11.3 Å². The summed E-state index contributed by atoms with van der Waals surface area (Å²) in [5.41, 5.74) is 4.12. The number of nitrogens with one attached hydrogen (secondary N) is 2. The minimum absolute atomic E-state index is 0.266. The summed E-state index contributed by atoms with van der Waals surface area (Å²) < 4.78 is 11.0. The first-order valence-electron chi connectivity index (χ1n) is 10.2. The molecule has 1 amide bonds. The van der Waals surface area contributed by atoms with Crippen molar-refractivity contribution in [2.75, 3.05) is 17.7 Å². The minimum Gasteiger partial charge on any atom is -0.496 e. The molecule has 0 aliphatic rings. The van der Waals surface area contributed by atoms with Crippen LogP contribution in [0.25, 0.3) is 0 Å². The number of furan rings is 1. The zero-order chi connectivity index (χ0) is 22.7. The molecule has 0 saturated heterocycles. The Hall–Kier alpha value is -3.58. The summed E-state index contributed by atoms with van der Waals surface area (Å²) in [6.45, 7) is 6.15. The van der Waals surface area contributed by atoms with Crippen LogP contribution in [0.2, 0.25) is 0 Å². The molecule has 1 atom stereocenters. The molecule has 3 heterocycles. The van der Waals surface area contributed by atoms with E-state index in [0.29, 0.717) is 0 Å². The molecule has 6 nitrogen and oxygen atoms in total. The highest BCUT2D eigenvalue weighted by atomic mass is 32.1. The molecule has 7 heteroatoms. The number of rotatable bonds is 7. The Morgan fingerprint density at radius 1 is 1.12 bits per heavy atom. The van der Waals surface area contributed by atoms with Gasteiger partial charge in [-0.25, -0.2) is 4.98 Å². The lowest BCUT2D eigenvalue weighted by atomic mass is 9.95. The van der Waals surface area contributed by atoms with E-state index < -0.39 is 0 Å². The standard InChI is InChI=1S/C25H25N3O3S/c1-15-11-12-26-21(14-15)27-23(18-8-5-6-9-19(18)30-4)22-16(2)17(3)32-25(22)28-24(29)20-10-7-13-31-20/h5-14,23H,1-4H3,(H,26,27)(H,28,29)/t23-/m1/s1. The zero-order valence-electron chi connectivity index (χ0n) is 18.4. The number of benzene rings is 1. The number of thiophene rings is 1. The van der Waals surface area contributed by atoms with Gasteiger partial charge < -0.3 is 19.8 Å². The quantitative estimate of drug-likeness (QED) is 0.357. The lowest BCUT2D eigenvalue weighted by molar-refractivity contribution is 0.0997. The summed E-state index contributed by atoms with van der Waals surface area (Å²) in [6, 6.07) is 14.9. The van der Waals surface area contributed by atoms with Gasteiger partial charge >= 0.3 is 0 Å². The highest BCUT2D eigenvalue weighted by molar-refractivity contribution is 7.16. The van der Waals surface area contributed by atoms with Gasteiger partial charge in [0.1, 0.15) is 16.6 Å². The lowest BCUT2D eigenvalue weighted by Crippen LogP contribution is -2.18. The number of hydrogen-bond donors (Lipinski definition) is 2. The van der Waals surface area contributed by atoms with Crippen molar-refractivity contribution < 1.29 is 13.9 Å². The maximum absolute atomic E-state index is 12.8. The first-order chi connectivity index (χ1) is 15.5. The third kappa shape index (κ3) is 4.38. The lowest BCUT2D eigenvalue weighted by Gasteiger charge is -2.24. The van der Waals surface area contributed by atoms with Crippen molar-refractivity contribution >= 4 is 28.1 Å². The molecule has 2 N–H and O–H groups in total. The fraction of sp³-hybridized carbons (Fsp3) is 0.200. The molecule has 0 aliphatic heterocycles. The van der Waals surface area contributed by atoms with Crippen LogP contribution in [0.3, 0.4) is 0 Å². The Morgan fingerprint density at radius 3 is 2.66 bits per heavy atom. The topological polar surface area (TPSA) is 76.4 Å². The molecule has 3 aromatic heterocycles. The Morgan fingerprint density at radius 2 is 1.94 bits per heavy atom. The maximum Gasteiger partial charge on any atom is 0.291 e. The van der Waals surface area contributed by atoms with E-state index in [0.717, 1.165) is 43.7 Å². The normalized spacial score (nSPS) is 11.8. The molecule has 0 fully saturated rings. The van der Waals surface area contributed by atoms with Crippen LogP contribution in [0.5, 0.6) is 5.75 Å². The molecule has 164 valence electrons. The Balaban J connectivity index is 1.83. The van der Waals surface area contributed by atoms with Crippen LogP contribution < -0.4 is 15.4 Å². The zero-order valence-corrected chi connectivity index (χ0v) is 19.2. The Bertz CT molecular complexity index is 1230. The fourth-order valence-electron chi connectivity index (χ4n) is 3.63. The number of nitrogens with zero attached hydrogens (tertiary/aromatic N) is 1. The first kappa shape index (κ1) is 21.6. The van der Waals surface area contributed by atoms with E-state index in [9.17, 15) is 4.79 Å². The van der Waals surface area contributed by atoms with Crippen LogP contribution >= 0.6 is 11.3 Å². The fourth-order valence-corrected chi connectivity index (χ4v) is 4.72. The van der Waals surface area contributed by atoms with Crippen LogP contribution in [0.1, 0.15) is 43.7 Å². The summed E-state index contributed by atoms with van der Waals surface area (Å²) >= 11 is 1.54. The van der Waals surface area contributed by atoms with Crippen molar-refractivity contribution in [3.63, 3.8) is 0 Å². The molecule has 1 aromatic carbocycles. The van der Waals surface area contributed by atoms with Crippen LogP contribution in [-0.4, -0.2) is 18.0 Å². The van der Waals surface area contributed by atoms with Crippen molar-refractivity contribution in [1.29, 1.82) is 0 Å². The summed E-state index contributed by atoms with van der Waals surface area (Å²) in [7, 11) is 1.66. The largest absolute Gasteiger partial charge is 0.496 e. The third-order valence-electron chi connectivity index (χ3n) is 5.35. The van der Waals surface area contributed by atoms with Crippen molar-refractivity contribution in [2.24, 2.45) is 0 Å². The number of anilines is 2. The third-order valence-corrected chi connectivity index (χ3v) is 6.49. The summed E-state index contributed by atoms with van der Waals surface area (Å²) in [6.07, 6.45) is 3.27. The molecule has 0 radical (unpaired) electrons. The number of ether oxygens (including phenoxy) is 1. The van der Waals surface area contributed by atoms with E-state index in [1.54, 1.807) is 36.8 Å². The van der Waals surface area contributed by atoms with Crippen LogP contribution in [0, 0.1) is 20.8 Å². The molecule has 0 spiro atoms. The summed E-state index contributed by atoms with van der Waals surface area (Å²) in [5, 5.41) is 7.38. The molecule has 4 aromatic rings. The van der Waals surface area contributed by atoms with Gasteiger partial charge in [0.05, 0.1) is 19.4 Å². The predicted molar refractivity (Wildman–Crippen MR) is 128 cm³/mol. The second-order valence-electron chi connectivity index (χ2n) is 7.50. The van der Waals surface area contributed by atoms with Gasteiger partial charge in [-0.05, 0) is 62.2 Å². The number of carbonyl (C=O) groups is 1. The predicted octanol–water partition coefficient (Wildman–Crippen LogP) is 6.12. The van der Waals surface area contributed by atoms with Crippen LogP contribution in [0.15, 0.2) is 65.4 Å². The van der Waals surface area contributed by atoms with Gasteiger partial charge in [-0.2, -0.15) is 0 Å². The molecule has 0 aliphatic carbocycles. The Labute approximate surface area is 191 Å². The van der Waals surface area contributed by atoms with E-state index in [1.807, 2.05) is 43.3 Å². The monoisotopic (exact) mass is 447 g/mol. The number of para-hydroxylation sites is 1. The number of aryl methyl sites for hydroxylation is 2. The van der Waals surface area contributed by atoms with Crippen molar-refractivity contribution in [1.82, 2.24) is 4.98 Å². The highest BCUT2D eigenvalue weighted by Crippen LogP contribution is 2.43. The summed E-state index contributed by atoms with van der Waals surface area (Å²) in [4.78, 5) is 18.4. The number of carbonyl (C=O) groups excluding carboxylic acids is 1. The van der Waals surface area contributed by atoms with Crippen molar-refractivity contribution in [3.8, 4) is 5.75 Å². The number of hydrogen-bond acceptors (Lipinski definition) is 6. The van der Waals surface area contributed by atoms with Crippen LogP contribution in [0.4, 0.5) is 10.8 Å². The average molecular weight is 448 g/mol. The van der Waals surface area contributed by atoms with E-state index >= 15 is 0 Å². The van der Waals surface area contributed by atoms with Gasteiger partial charge in [-0.3, -0.25) is 4.79 Å². The van der Waals surface area contributed by atoms with Crippen molar-refractivity contribution in [2.45, 2.75) is 26.8 Å². The second-order valence-corrected chi connectivity index (χ2v) is 8.72. The van der Waals surface area contributed by atoms with Gasteiger partial charge in [-0.1, -0.05) is 18.2 Å². The highest BCUT2D eigenvalue weighted by Gasteiger charge is 2.27. The molecule has 0 unspecified atom stereocenters. The SMILES string of the molecule is COc1ccccc1[C@@H](Nc1cc(C)ccn1)c1c(NC(=O)c2ccco2)sc(C)c1C. The molecule has 4 rings (SSSR count). The number of methoxy groups -OCH3 is 1. The average Bonchev–Trinajstić information content (AvgIpc) is 3.41. The first-order valence-corrected chi connectivity index (χ1v) is 11.1. The van der Waals surface area contributed by atoms with E-state index in [4.69, 9.17) is 9.15 Å². The molecule has 32 heavy (non-hydrogen) atoms. The molecular formula is C25H25N3O3S. The van der Waals surface area contributed by atoms with Gasteiger partial charge in [0.15, 0.2) is 5.76 Å². The number of aromatic nitrogens is 1. The molecular weight excluding hydrogens is 422 g/mol. The molecule has 0 saturated carbocycles. The smallest absolute Gasteiger partial charge is 0.291 e.